The lowest BCUT2D eigenvalue weighted by atomic mass is 10.1. The zero-order valence-corrected chi connectivity index (χ0v) is 20.3. The minimum Gasteiger partial charge on any atom is -0.436 e. The zero-order valence-electron chi connectivity index (χ0n) is 20.3. The van der Waals surface area contributed by atoms with E-state index in [1.54, 1.807) is 41.3 Å². The molecule has 1 aromatic heterocycles. The van der Waals surface area contributed by atoms with Gasteiger partial charge in [0.05, 0.1) is 23.9 Å². The summed E-state index contributed by atoms with van der Waals surface area (Å²) in [5.41, 5.74) is 2.39. The van der Waals surface area contributed by atoms with Crippen LogP contribution in [0.1, 0.15) is 15.9 Å². The summed E-state index contributed by atoms with van der Waals surface area (Å²) < 4.78 is 20.0. The highest BCUT2D eigenvalue weighted by atomic mass is 19.1. The molecule has 0 bridgehead atoms. The van der Waals surface area contributed by atoms with Crippen LogP contribution < -0.4 is 5.32 Å². The standard InChI is InChI=1S/C29H27FN4O3/c30-25-13-7-6-12-24(25)26-19-32-28(37-26)22-10-4-5-11-23(22)29(36)34-16-14-33(15-17-34)20-27(35)31-18-21-8-2-1-3-9-21/h1-13,19H,14-18,20H2,(H,31,35). The predicted octanol–water partition coefficient (Wildman–Crippen LogP) is 4.22. The van der Waals surface area contributed by atoms with E-state index < -0.39 is 5.82 Å². The summed E-state index contributed by atoms with van der Waals surface area (Å²) in [6, 6.07) is 23.2. The van der Waals surface area contributed by atoms with Gasteiger partial charge in [0.15, 0.2) is 5.76 Å². The fraction of sp³-hybridized carbons (Fsp3) is 0.207. The van der Waals surface area contributed by atoms with Crippen LogP contribution in [-0.2, 0) is 11.3 Å². The second kappa shape index (κ2) is 11.2. The van der Waals surface area contributed by atoms with Crippen molar-refractivity contribution in [1.29, 1.82) is 0 Å². The van der Waals surface area contributed by atoms with Crippen molar-refractivity contribution in [3.8, 4) is 22.8 Å². The fourth-order valence-electron chi connectivity index (χ4n) is 4.38. The number of nitrogens with zero attached hydrogens (tertiary/aromatic N) is 3. The minimum atomic E-state index is -0.402. The van der Waals surface area contributed by atoms with Gasteiger partial charge in [-0.1, -0.05) is 54.6 Å². The van der Waals surface area contributed by atoms with Gasteiger partial charge in [0.25, 0.3) is 5.91 Å². The fourth-order valence-corrected chi connectivity index (χ4v) is 4.38. The van der Waals surface area contributed by atoms with Crippen molar-refractivity contribution in [3.63, 3.8) is 0 Å². The Labute approximate surface area is 214 Å². The van der Waals surface area contributed by atoms with Gasteiger partial charge in [-0.2, -0.15) is 0 Å². The van der Waals surface area contributed by atoms with E-state index in [-0.39, 0.29) is 17.7 Å². The van der Waals surface area contributed by atoms with Crippen LogP contribution >= 0.6 is 0 Å². The molecule has 2 amide bonds. The van der Waals surface area contributed by atoms with E-state index in [2.05, 4.69) is 10.3 Å². The maximum atomic E-state index is 14.2. The van der Waals surface area contributed by atoms with Crippen LogP contribution in [0.3, 0.4) is 0 Å². The molecule has 0 unspecified atom stereocenters. The van der Waals surface area contributed by atoms with E-state index in [1.165, 1.54) is 12.3 Å². The van der Waals surface area contributed by atoms with Gasteiger partial charge < -0.3 is 14.6 Å². The van der Waals surface area contributed by atoms with E-state index in [9.17, 15) is 14.0 Å². The lowest BCUT2D eigenvalue weighted by Gasteiger charge is -2.34. The van der Waals surface area contributed by atoms with E-state index in [4.69, 9.17) is 4.42 Å². The normalized spacial score (nSPS) is 13.9. The number of oxazole rings is 1. The van der Waals surface area contributed by atoms with Gasteiger partial charge in [-0.3, -0.25) is 14.5 Å². The monoisotopic (exact) mass is 498 g/mol. The SMILES string of the molecule is O=C(CN1CCN(C(=O)c2ccccc2-c2ncc(-c3ccccc3F)o2)CC1)NCc1ccccc1. The number of carbonyl (C=O) groups is 2. The molecule has 1 fully saturated rings. The number of benzene rings is 3. The average molecular weight is 499 g/mol. The maximum Gasteiger partial charge on any atom is 0.254 e. The Balaban J connectivity index is 1.20. The van der Waals surface area contributed by atoms with Gasteiger partial charge in [-0.15, -0.1) is 0 Å². The molecule has 0 saturated carbocycles. The van der Waals surface area contributed by atoms with E-state index in [0.29, 0.717) is 61.7 Å². The Morgan fingerprint density at radius 1 is 0.865 bits per heavy atom. The topological polar surface area (TPSA) is 78.7 Å². The molecule has 7 nitrogen and oxygen atoms in total. The van der Waals surface area contributed by atoms with Crippen LogP contribution in [0.4, 0.5) is 4.39 Å². The van der Waals surface area contributed by atoms with Crippen molar-refractivity contribution in [1.82, 2.24) is 20.1 Å². The van der Waals surface area contributed by atoms with Gasteiger partial charge >= 0.3 is 0 Å². The van der Waals surface area contributed by atoms with Crippen LogP contribution in [0.2, 0.25) is 0 Å². The third kappa shape index (κ3) is 5.76. The molecule has 8 heteroatoms. The molecule has 5 rings (SSSR count). The molecular weight excluding hydrogens is 471 g/mol. The van der Waals surface area contributed by atoms with Crippen LogP contribution in [0, 0.1) is 5.82 Å². The Hall–Kier alpha value is -4.30. The number of hydrogen-bond acceptors (Lipinski definition) is 5. The van der Waals surface area contributed by atoms with E-state index in [1.807, 2.05) is 41.3 Å². The Morgan fingerprint density at radius 2 is 1.54 bits per heavy atom. The molecule has 1 N–H and O–H groups in total. The second-order valence-corrected chi connectivity index (χ2v) is 8.89. The molecule has 0 radical (unpaired) electrons. The van der Waals surface area contributed by atoms with E-state index >= 15 is 0 Å². The summed E-state index contributed by atoms with van der Waals surface area (Å²) in [4.78, 5) is 33.9. The quantitative estimate of drug-likeness (QED) is 0.413. The van der Waals surface area contributed by atoms with Gasteiger partial charge in [0, 0.05) is 38.3 Å². The molecule has 1 aliphatic heterocycles. The smallest absolute Gasteiger partial charge is 0.254 e. The van der Waals surface area contributed by atoms with Crippen molar-refractivity contribution in [3.05, 3.63) is 102 Å². The van der Waals surface area contributed by atoms with Crippen molar-refractivity contribution >= 4 is 11.8 Å². The van der Waals surface area contributed by atoms with Crippen molar-refractivity contribution in [2.75, 3.05) is 32.7 Å². The third-order valence-electron chi connectivity index (χ3n) is 6.39. The van der Waals surface area contributed by atoms with Crippen LogP contribution in [0.15, 0.2) is 89.5 Å². The van der Waals surface area contributed by atoms with Gasteiger partial charge in [-0.05, 0) is 29.8 Å². The Bertz CT molecular complexity index is 1380. The summed E-state index contributed by atoms with van der Waals surface area (Å²) in [5, 5.41) is 2.95. The van der Waals surface area contributed by atoms with Gasteiger partial charge in [-0.25, -0.2) is 9.37 Å². The van der Waals surface area contributed by atoms with Crippen LogP contribution in [-0.4, -0.2) is 59.3 Å². The molecule has 1 aliphatic rings. The number of hydrogen-bond donors (Lipinski definition) is 1. The van der Waals surface area contributed by atoms with Gasteiger partial charge in [0.2, 0.25) is 11.8 Å². The number of aromatic nitrogens is 1. The van der Waals surface area contributed by atoms with Crippen molar-refractivity contribution in [2.24, 2.45) is 0 Å². The number of amides is 2. The highest BCUT2D eigenvalue weighted by Gasteiger charge is 2.26. The molecule has 0 aliphatic carbocycles. The van der Waals surface area contributed by atoms with Crippen LogP contribution in [0.5, 0.6) is 0 Å². The van der Waals surface area contributed by atoms with Crippen molar-refractivity contribution < 1.29 is 18.4 Å². The largest absolute Gasteiger partial charge is 0.436 e. The first kappa shape index (κ1) is 24.4. The Kier molecular flexibility index (Phi) is 7.37. The Morgan fingerprint density at radius 3 is 2.30 bits per heavy atom. The van der Waals surface area contributed by atoms with Crippen molar-refractivity contribution in [2.45, 2.75) is 6.54 Å². The second-order valence-electron chi connectivity index (χ2n) is 8.89. The highest BCUT2D eigenvalue weighted by molar-refractivity contribution is 6.00. The molecule has 4 aromatic rings. The third-order valence-corrected chi connectivity index (χ3v) is 6.39. The lowest BCUT2D eigenvalue weighted by molar-refractivity contribution is -0.122. The first-order valence-electron chi connectivity index (χ1n) is 12.2. The molecule has 1 saturated heterocycles. The average Bonchev–Trinajstić information content (AvgIpc) is 3.43. The summed E-state index contributed by atoms with van der Waals surface area (Å²) in [6.45, 7) is 3.00. The summed E-state index contributed by atoms with van der Waals surface area (Å²) >= 11 is 0. The summed E-state index contributed by atoms with van der Waals surface area (Å²) in [7, 11) is 0. The summed E-state index contributed by atoms with van der Waals surface area (Å²) in [5.74, 6) is -0.00967. The number of nitrogens with one attached hydrogen (secondary N) is 1. The lowest BCUT2D eigenvalue weighted by Crippen LogP contribution is -2.51. The molecule has 37 heavy (non-hydrogen) atoms. The van der Waals surface area contributed by atoms with Crippen LogP contribution in [0.25, 0.3) is 22.8 Å². The number of carbonyl (C=O) groups excluding carboxylic acids is 2. The number of rotatable bonds is 7. The first-order chi connectivity index (χ1) is 18.1. The minimum absolute atomic E-state index is 0.0384. The van der Waals surface area contributed by atoms with Gasteiger partial charge in [0.1, 0.15) is 5.82 Å². The molecular formula is C29H27FN4O3. The summed E-state index contributed by atoms with van der Waals surface area (Å²) in [6.07, 6.45) is 1.47. The van der Waals surface area contributed by atoms with E-state index in [0.717, 1.165) is 5.56 Å². The number of piperazine rings is 1. The first-order valence-corrected chi connectivity index (χ1v) is 12.2. The molecule has 0 spiro atoms. The highest BCUT2D eigenvalue weighted by Crippen LogP contribution is 2.30. The predicted molar refractivity (Wildman–Crippen MR) is 138 cm³/mol. The zero-order chi connectivity index (χ0) is 25.6. The number of halogens is 1. The molecule has 3 aromatic carbocycles. The maximum absolute atomic E-state index is 14.2. The molecule has 2 heterocycles. The molecule has 0 atom stereocenters. The molecule has 188 valence electrons.